The van der Waals surface area contributed by atoms with Crippen LogP contribution in [0.4, 0.5) is 5.69 Å². The van der Waals surface area contributed by atoms with Gasteiger partial charge in [-0.3, -0.25) is 9.79 Å². The highest BCUT2D eigenvalue weighted by molar-refractivity contribution is 7.11. The Hall–Kier alpha value is -3.13. The van der Waals surface area contributed by atoms with Crippen LogP contribution in [0.1, 0.15) is 32.9 Å². The number of hydrogen-bond donors (Lipinski definition) is 3. The number of carbonyl (C=O) groups is 1. The van der Waals surface area contributed by atoms with Crippen molar-refractivity contribution in [3.05, 3.63) is 70.1 Å². The molecule has 0 fully saturated rings. The zero-order valence-corrected chi connectivity index (χ0v) is 16.7. The van der Waals surface area contributed by atoms with Crippen LogP contribution in [0.2, 0.25) is 0 Å². The van der Waals surface area contributed by atoms with Gasteiger partial charge < -0.3 is 20.4 Å². The molecule has 0 unspecified atom stereocenters. The molecule has 1 aromatic carbocycles. The number of hydrogen-bond acceptors (Lipinski definition) is 5. The maximum atomic E-state index is 12.0. The quantitative estimate of drug-likeness (QED) is 0.420. The smallest absolute Gasteiger partial charge is 0.291 e. The Bertz CT molecular complexity index is 916. The van der Waals surface area contributed by atoms with Crippen molar-refractivity contribution in [2.45, 2.75) is 26.4 Å². The molecule has 0 radical (unpaired) electrons. The lowest BCUT2D eigenvalue weighted by Gasteiger charge is -2.11. The van der Waals surface area contributed by atoms with Crippen molar-refractivity contribution in [1.82, 2.24) is 15.6 Å². The Morgan fingerprint density at radius 1 is 1.18 bits per heavy atom. The van der Waals surface area contributed by atoms with E-state index in [9.17, 15) is 4.79 Å². The number of anilines is 1. The second kappa shape index (κ2) is 9.70. The molecule has 0 atom stereocenters. The Morgan fingerprint density at radius 3 is 2.61 bits per heavy atom. The molecule has 0 aliphatic rings. The third-order valence-electron chi connectivity index (χ3n) is 4.00. The molecule has 3 rings (SSSR count). The fourth-order valence-electron chi connectivity index (χ4n) is 2.47. The molecular formula is C20H23N5O2S. The number of nitrogens with one attached hydrogen (secondary N) is 3. The molecule has 146 valence electrons. The summed E-state index contributed by atoms with van der Waals surface area (Å²) in [7, 11) is 1.74. The van der Waals surface area contributed by atoms with Crippen molar-refractivity contribution in [2.24, 2.45) is 4.99 Å². The monoisotopic (exact) mass is 397 g/mol. The molecule has 2 aromatic heterocycles. The van der Waals surface area contributed by atoms with Crippen LogP contribution in [0.5, 0.6) is 0 Å². The number of amides is 1. The first-order valence-electron chi connectivity index (χ1n) is 9.00. The number of benzene rings is 1. The lowest BCUT2D eigenvalue weighted by molar-refractivity contribution is 0.0996. The van der Waals surface area contributed by atoms with Crippen LogP contribution in [0.25, 0.3) is 0 Å². The average Bonchev–Trinajstić information content (AvgIpc) is 3.41. The van der Waals surface area contributed by atoms with E-state index in [1.165, 1.54) is 11.1 Å². The molecule has 0 saturated carbocycles. The third kappa shape index (κ3) is 5.43. The molecule has 0 saturated heterocycles. The van der Waals surface area contributed by atoms with Crippen molar-refractivity contribution in [3.8, 4) is 0 Å². The summed E-state index contributed by atoms with van der Waals surface area (Å²) in [4.78, 5) is 21.9. The summed E-state index contributed by atoms with van der Waals surface area (Å²) in [5.41, 5.74) is 1.78. The Labute approximate surface area is 167 Å². The number of nitrogens with zero attached hydrogens (tertiary/aromatic N) is 2. The van der Waals surface area contributed by atoms with Gasteiger partial charge in [0.1, 0.15) is 5.01 Å². The number of carbonyl (C=O) groups excluding carboxylic acids is 1. The molecule has 1 amide bonds. The molecular weight excluding hydrogens is 374 g/mol. The predicted octanol–water partition coefficient (Wildman–Crippen LogP) is 3.42. The molecule has 7 nitrogen and oxygen atoms in total. The number of rotatable bonds is 7. The van der Waals surface area contributed by atoms with Gasteiger partial charge in [-0.25, -0.2) is 4.98 Å². The highest BCUT2D eigenvalue weighted by Crippen LogP contribution is 2.13. The van der Waals surface area contributed by atoms with Crippen LogP contribution >= 0.6 is 11.3 Å². The van der Waals surface area contributed by atoms with Crippen LogP contribution in [0.3, 0.4) is 0 Å². The van der Waals surface area contributed by atoms with E-state index in [2.05, 4.69) is 32.9 Å². The maximum absolute atomic E-state index is 12.0. The van der Waals surface area contributed by atoms with Gasteiger partial charge in [0.25, 0.3) is 5.91 Å². The van der Waals surface area contributed by atoms with E-state index in [1.54, 1.807) is 30.5 Å². The van der Waals surface area contributed by atoms with E-state index in [0.29, 0.717) is 24.7 Å². The minimum Gasteiger partial charge on any atom is -0.459 e. The highest BCUT2D eigenvalue weighted by atomic mass is 32.1. The van der Waals surface area contributed by atoms with Gasteiger partial charge in [-0.2, -0.15) is 0 Å². The molecule has 0 spiro atoms. The first kappa shape index (κ1) is 19.6. The first-order valence-corrected chi connectivity index (χ1v) is 9.81. The van der Waals surface area contributed by atoms with Gasteiger partial charge >= 0.3 is 0 Å². The molecule has 3 aromatic rings. The zero-order chi connectivity index (χ0) is 19.8. The molecule has 0 bridgehead atoms. The van der Waals surface area contributed by atoms with E-state index in [1.807, 2.05) is 30.5 Å². The van der Waals surface area contributed by atoms with Gasteiger partial charge in [-0.05, 0) is 36.2 Å². The van der Waals surface area contributed by atoms with Gasteiger partial charge in [0.2, 0.25) is 0 Å². The summed E-state index contributed by atoms with van der Waals surface area (Å²) < 4.78 is 5.09. The molecule has 28 heavy (non-hydrogen) atoms. The van der Waals surface area contributed by atoms with Crippen molar-refractivity contribution < 1.29 is 9.21 Å². The van der Waals surface area contributed by atoms with Crippen molar-refractivity contribution in [1.29, 1.82) is 0 Å². The van der Waals surface area contributed by atoms with Gasteiger partial charge in [0.05, 0.1) is 12.8 Å². The minimum absolute atomic E-state index is 0.270. The zero-order valence-electron chi connectivity index (χ0n) is 15.9. The van der Waals surface area contributed by atoms with Gasteiger partial charge in [0, 0.05) is 30.4 Å². The molecule has 2 heterocycles. The minimum atomic E-state index is -0.270. The van der Waals surface area contributed by atoms with Crippen LogP contribution < -0.4 is 16.0 Å². The Balaban J connectivity index is 1.47. The number of thiazole rings is 1. The number of aliphatic imine (C=N–C) groups is 1. The molecule has 3 N–H and O–H groups in total. The molecule has 0 aliphatic heterocycles. The van der Waals surface area contributed by atoms with Crippen LogP contribution in [-0.4, -0.2) is 23.9 Å². The average molecular weight is 398 g/mol. The lowest BCUT2D eigenvalue weighted by atomic mass is 10.2. The number of aryl methyl sites for hydroxylation is 1. The lowest BCUT2D eigenvalue weighted by Crippen LogP contribution is -2.36. The van der Waals surface area contributed by atoms with Crippen molar-refractivity contribution in [3.63, 3.8) is 0 Å². The van der Waals surface area contributed by atoms with E-state index in [0.717, 1.165) is 17.0 Å². The largest absolute Gasteiger partial charge is 0.459 e. The van der Waals surface area contributed by atoms with Gasteiger partial charge in [-0.1, -0.05) is 19.1 Å². The van der Waals surface area contributed by atoms with E-state index in [4.69, 9.17) is 4.42 Å². The molecule has 0 aliphatic carbocycles. The van der Waals surface area contributed by atoms with Crippen LogP contribution in [-0.2, 0) is 19.5 Å². The number of guanidine groups is 1. The van der Waals surface area contributed by atoms with Gasteiger partial charge in [0.15, 0.2) is 11.7 Å². The summed E-state index contributed by atoms with van der Waals surface area (Å²) in [5.74, 6) is 0.726. The van der Waals surface area contributed by atoms with E-state index < -0.39 is 0 Å². The summed E-state index contributed by atoms with van der Waals surface area (Å²) in [6, 6.07) is 10.9. The van der Waals surface area contributed by atoms with Crippen molar-refractivity contribution in [2.75, 3.05) is 12.4 Å². The van der Waals surface area contributed by atoms with Crippen LogP contribution in [0, 0.1) is 0 Å². The number of furan rings is 1. The Morgan fingerprint density at radius 2 is 1.96 bits per heavy atom. The van der Waals surface area contributed by atoms with E-state index >= 15 is 0 Å². The first-order chi connectivity index (χ1) is 13.7. The van der Waals surface area contributed by atoms with Crippen molar-refractivity contribution >= 4 is 28.9 Å². The summed E-state index contributed by atoms with van der Waals surface area (Å²) in [6.07, 6.45) is 4.40. The fraction of sp³-hybridized carbons (Fsp3) is 0.250. The number of aromatic nitrogens is 1. The maximum Gasteiger partial charge on any atom is 0.291 e. The third-order valence-corrected chi connectivity index (χ3v) is 5.14. The standard InChI is InChI=1S/C20H23N5O2S/c1-3-16-12-22-18(28-16)13-24-20(21-2)23-11-14-6-8-15(9-7-14)25-19(26)17-5-4-10-27-17/h4-10,12H,3,11,13H2,1-2H3,(H,25,26)(H2,21,23,24). The second-order valence-corrected chi connectivity index (χ2v) is 7.18. The summed E-state index contributed by atoms with van der Waals surface area (Å²) >= 11 is 1.71. The topological polar surface area (TPSA) is 91.5 Å². The SMILES string of the molecule is CCc1cnc(CNC(=NC)NCc2ccc(NC(=O)c3ccco3)cc2)s1. The Kier molecular flexibility index (Phi) is 6.80. The summed E-state index contributed by atoms with van der Waals surface area (Å²) in [6.45, 7) is 3.38. The predicted molar refractivity (Wildman–Crippen MR) is 112 cm³/mol. The van der Waals surface area contributed by atoms with Gasteiger partial charge in [-0.15, -0.1) is 11.3 Å². The highest BCUT2D eigenvalue weighted by Gasteiger charge is 2.08. The second-order valence-electron chi connectivity index (χ2n) is 5.98. The normalized spacial score (nSPS) is 11.3. The summed E-state index contributed by atoms with van der Waals surface area (Å²) in [5, 5.41) is 10.4. The van der Waals surface area contributed by atoms with Crippen LogP contribution in [0.15, 0.2) is 58.3 Å². The fourth-order valence-corrected chi connectivity index (χ4v) is 3.27. The molecule has 8 heteroatoms. The van der Waals surface area contributed by atoms with E-state index in [-0.39, 0.29) is 11.7 Å².